The van der Waals surface area contributed by atoms with Crippen molar-refractivity contribution in [1.82, 2.24) is 0 Å². The summed E-state index contributed by atoms with van der Waals surface area (Å²) in [7, 11) is 0. The maximum Gasteiger partial charge on any atom is 0.412 e. The molecule has 0 aliphatic carbocycles. The zero-order chi connectivity index (χ0) is 22.1. The van der Waals surface area contributed by atoms with Crippen LogP contribution in [-0.4, -0.2) is 35.5 Å². The minimum absolute atomic E-state index is 0.126. The van der Waals surface area contributed by atoms with Crippen LogP contribution in [0.5, 0.6) is 5.75 Å². The highest BCUT2D eigenvalue weighted by Crippen LogP contribution is 2.39. The summed E-state index contributed by atoms with van der Waals surface area (Å²) < 4.78 is 12.0. The summed E-state index contributed by atoms with van der Waals surface area (Å²) in [6.07, 6.45) is 1.02. The molecule has 0 aliphatic rings. The number of carboxylic acid groups (broad SMARTS) is 1. The molecule has 8 heteroatoms. The Balaban J connectivity index is 2.30. The van der Waals surface area contributed by atoms with Gasteiger partial charge in [0.1, 0.15) is 18.5 Å². The van der Waals surface area contributed by atoms with E-state index in [0.717, 1.165) is 10.5 Å². The number of nitrogens with one attached hydrogen (secondary N) is 1. The van der Waals surface area contributed by atoms with Crippen molar-refractivity contribution in [3.63, 3.8) is 0 Å². The number of carboxylic acids is 1. The number of carbonyl (C=O) groups excluding carboxylic acids is 1. The number of hydrogen-bond donors (Lipinski definition) is 3. The number of carbonyl (C=O) groups is 2. The molecule has 0 saturated heterocycles. The maximum absolute atomic E-state index is 12.6. The van der Waals surface area contributed by atoms with Crippen molar-refractivity contribution in [2.75, 3.05) is 18.5 Å². The SMILES string of the molecule is CC(C)(/C=C/C(=O)O)[C@H](OC(=O)Nc1ccc(Br)cc1)c1cccc(OCCO)c1. The van der Waals surface area contributed by atoms with E-state index in [-0.39, 0.29) is 13.2 Å². The molecular weight excluding hydrogens is 454 g/mol. The lowest BCUT2D eigenvalue weighted by Gasteiger charge is -2.31. The number of anilines is 1. The van der Waals surface area contributed by atoms with E-state index in [2.05, 4.69) is 21.2 Å². The van der Waals surface area contributed by atoms with Gasteiger partial charge in [-0.25, -0.2) is 9.59 Å². The van der Waals surface area contributed by atoms with Gasteiger partial charge in [0.2, 0.25) is 0 Å². The third-order valence-corrected chi connectivity index (χ3v) is 4.70. The summed E-state index contributed by atoms with van der Waals surface area (Å²) >= 11 is 3.34. The number of hydrogen-bond acceptors (Lipinski definition) is 5. The van der Waals surface area contributed by atoms with Crippen LogP contribution in [0.25, 0.3) is 0 Å². The van der Waals surface area contributed by atoms with Gasteiger partial charge in [0.05, 0.1) is 6.61 Å². The normalized spacial score (nSPS) is 12.4. The van der Waals surface area contributed by atoms with Crippen molar-refractivity contribution in [2.45, 2.75) is 20.0 Å². The largest absolute Gasteiger partial charge is 0.491 e. The molecule has 3 N–H and O–H groups in total. The Labute approximate surface area is 183 Å². The fraction of sp³-hybridized carbons (Fsp3) is 0.273. The second-order valence-corrected chi connectivity index (χ2v) is 7.97. The van der Waals surface area contributed by atoms with Gasteiger partial charge in [-0.15, -0.1) is 0 Å². The molecule has 1 atom stereocenters. The number of ether oxygens (including phenoxy) is 2. The van der Waals surface area contributed by atoms with Crippen LogP contribution < -0.4 is 10.1 Å². The van der Waals surface area contributed by atoms with Crippen molar-refractivity contribution >= 4 is 33.7 Å². The van der Waals surface area contributed by atoms with Gasteiger partial charge < -0.3 is 19.7 Å². The lowest BCUT2D eigenvalue weighted by Crippen LogP contribution is -2.28. The summed E-state index contributed by atoms with van der Waals surface area (Å²) in [5, 5.41) is 20.6. The Morgan fingerprint density at radius 3 is 2.53 bits per heavy atom. The number of amides is 1. The monoisotopic (exact) mass is 477 g/mol. The van der Waals surface area contributed by atoms with E-state index in [0.29, 0.717) is 17.0 Å². The van der Waals surface area contributed by atoms with Crippen LogP contribution in [0.1, 0.15) is 25.5 Å². The van der Waals surface area contributed by atoms with Crippen molar-refractivity contribution in [1.29, 1.82) is 0 Å². The third-order valence-electron chi connectivity index (χ3n) is 4.17. The summed E-state index contributed by atoms with van der Waals surface area (Å²) in [5.41, 5.74) is 0.336. The standard InChI is InChI=1S/C22H24BrNO6/c1-22(2,11-10-19(26)27)20(15-4-3-5-18(14-15)29-13-12-25)30-21(28)24-17-8-6-16(23)7-9-17/h3-11,14,20,25H,12-13H2,1-2H3,(H,24,28)(H,26,27)/b11-10+/t20-/m1/s1. The van der Waals surface area contributed by atoms with Crippen LogP contribution in [0, 0.1) is 5.41 Å². The molecule has 0 radical (unpaired) electrons. The summed E-state index contributed by atoms with van der Waals surface area (Å²) in [4.78, 5) is 23.6. The highest BCUT2D eigenvalue weighted by atomic mass is 79.9. The summed E-state index contributed by atoms with van der Waals surface area (Å²) in [6.45, 7) is 3.53. The summed E-state index contributed by atoms with van der Waals surface area (Å²) in [6, 6.07) is 13.9. The van der Waals surface area contributed by atoms with Crippen LogP contribution in [0.2, 0.25) is 0 Å². The molecule has 2 aromatic carbocycles. The van der Waals surface area contributed by atoms with Crippen molar-refractivity contribution in [3.8, 4) is 5.75 Å². The number of halogens is 1. The van der Waals surface area contributed by atoms with E-state index in [1.807, 2.05) is 0 Å². The molecule has 2 aromatic rings. The molecule has 0 unspecified atom stereocenters. The second-order valence-electron chi connectivity index (χ2n) is 7.05. The van der Waals surface area contributed by atoms with Gasteiger partial charge >= 0.3 is 12.1 Å². The molecule has 0 heterocycles. The van der Waals surface area contributed by atoms with Crippen LogP contribution >= 0.6 is 15.9 Å². The average molecular weight is 478 g/mol. The minimum Gasteiger partial charge on any atom is -0.491 e. The predicted molar refractivity (Wildman–Crippen MR) is 117 cm³/mol. The Morgan fingerprint density at radius 2 is 1.90 bits per heavy atom. The van der Waals surface area contributed by atoms with E-state index < -0.39 is 23.6 Å². The fourth-order valence-corrected chi connectivity index (χ4v) is 3.01. The lowest BCUT2D eigenvalue weighted by atomic mass is 9.82. The number of aliphatic carboxylic acids is 1. The van der Waals surface area contributed by atoms with Crippen molar-refractivity contribution < 1.29 is 29.3 Å². The predicted octanol–water partition coefficient (Wildman–Crippen LogP) is 4.78. The Hall–Kier alpha value is -2.84. The van der Waals surface area contributed by atoms with Crippen molar-refractivity contribution in [2.24, 2.45) is 5.41 Å². The van der Waals surface area contributed by atoms with Crippen LogP contribution in [0.15, 0.2) is 65.2 Å². The van der Waals surface area contributed by atoms with Crippen LogP contribution in [-0.2, 0) is 9.53 Å². The second kappa shape index (κ2) is 10.8. The van der Waals surface area contributed by atoms with E-state index >= 15 is 0 Å². The lowest BCUT2D eigenvalue weighted by molar-refractivity contribution is -0.131. The number of aliphatic hydroxyl groups is 1. The topological polar surface area (TPSA) is 105 Å². The van der Waals surface area contributed by atoms with Gasteiger partial charge in [-0.1, -0.05) is 48.0 Å². The molecule has 1 amide bonds. The van der Waals surface area contributed by atoms with Crippen LogP contribution in [0.4, 0.5) is 10.5 Å². The Morgan fingerprint density at radius 1 is 1.20 bits per heavy atom. The van der Waals surface area contributed by atoms with E-state index in [4.69, 9.17) is 19.7 Å². The molecule has 0 fully saturated rings. The quantitative estimate of drug-likeness (QED) is 0.449. The Bertz CT molecular complexity index is 895. The summed E-state index contributed by atoms with van der Waals surface area (Å²) in [5.74, 6) is -0.595. The Kier molecular flexibility index (Phi) is 8.44. The fourth-order valence-electron chi connectivity index (χ4n) is 2.74. The molecule has 0 bridgehead atoms. The van der Waals surface area contributed by atoms with Crippen molar-refractivity contribution in [3.05, 3.63) is 70.7 Å². The number of rotatable bonds is 9. The highest BCUT2D eigenvalue weighted by molar-refractivity contribution is 9.10. The molecular formula is C22H24BrNO6. The van der Waals surface area contributed by atoms with E-state index in [1.165, 1.54) is 6.08 Å². The zero-order valence-corrected chi connectivity index (χ0v) is 18.3. The van der Waals surface area contributed by atoms with Gasteiger partial charge in [0.25, 0.3) is 0 Å². The maximum atomic E-state index is 12.6. The van der Waals surface area contributed by atoms with Gasteiger partial charge in [-0.2, -0.15) is 0 Å². The van der Waals surface area contributed by atoms with Crippen LogP contribution in [0.3, 0.4) is 0 Å². The molecule has 0 aromatic heterocycles. The molecule has 0 aliphatic heterocycles. The van der Waals surface area contributed by atoms with Gasteiger partial charge in [-0.3, -0.25) is 5.32 Å². The molecule has 30 heavy (non-hydrogen) atoms. The first-order valence-corrected chi connectivity index (χ1v) is 9.99. The number of benzene rings is 2. The minimum atomic E-state index is -1.10. The third kappa shape index (κ3) is 7.20. The first-order chi connectivity index (χ1) is 14.2. The smallest absolute Gasteiger partial charge is 0.412 e. The van der Waals surface area contributed by atoms with E-state index in [9.17, 15) is 9.59 Å². The van der Waals surface area contributed by atoms with Gasteiger partial charge in [0.15, 0.2) is 0 Å². The first kappa shape index (κ1) is 23.4. The molecule has 0 saturated carbocycles. The van der Waals surface area contributed by atoms with Gasteiger partial charge in [-0.05, 0) is 42.0 Å². The van der Waals surface area contributed by atoms with Gasteiger partial charge in [0, 0.05) is 21.7 Å². The molecule has 0 spiro atoms. The number of aliphatic hydroxyl groups excluding tert-OH is 1. The molecule has 160 valence electrons. The first-order valence-electron chi connectivity index (χ1n) is 9.20. The average Bonchev–Trinajstić information content (AvgIpc) is 2.71. The highest BCUT2D eigenvalue weighted by Gasteiger charge is 2.33. The molecule has 7 nitrogen and oxygen atoms in total. The molecule has 2 rings (SSSR count). The van der Waals surface area contributed by atoms with E-state index in [1.54, 1.807) is 62.4 Å². The zero-order valence-electron chi connectivity index (χ0n) is 16.7.